The van der Waals surface area contributed by atoms with E-state index in [-0.39, 0.29) is 29.5 Å². The fourth-order valence-corrected chi connectivity index (χ4v) is 3.64. The SMILES string of the molecule is O=C(Cn1c(=O)n(C2CCOCC2)c2nc(Cl)ncc21)N1CCOCC1. The van der Waals surface area contributed by atoms with Crippen LogP contribution < -0.4 is 5.69 Å². The van der Waals surface area contributed by atoms with Crippen molar-refractivity contribution in [3.63, 3.8) is 0 Å². The fraction of sp³-hybridized carbons (Fsp3) is 0.625. The summed E-state index contributed by atoms with van der Waals surface area (Å²) in [4.78, 5) is 35.7. The molecule has 0 aliphatic carbocycles. The van der Waals surface area contributed by atoms with Crippen LogP contribution in [0.15, 0.2) is 11.0 Å². The molecule has 0 spiro atoms. The number of amides is 1. The van der Waals surface area contributed by atoms with Crippen molar-refractivity contribution in [2.75, 3.05) is 39.5 Å². The minimum absolute atomic E-state index is 0.0237. The third-order valence-electron chi connectivity index (χ3n) is 4.89. The number of fused-ring (bicyclic) bond motifs is 1. The van der Waals surface area contributed by atoms with Crippen molar-refractivity contribution in [3.8, 4) is 0 Å². The molecule has 9 nitrogen and oxygen atoms in total. The molecule has 0 N–H and O–H groups in total. The smallest absolute Gasteiger partial charge is 0.331 e. The number of hydrogen-bond donors (Lipinski definition) is 0. The Kier molecular flexibility index (Phi) is 4.92. The molecule has 0 bridgehead atoms. The predicted molar refractivity (Wildman–Crippen MR) is 93.3 cm³/mol. The molecular formula is C16H20ClN5O4. The Balaban J connectivity index is 1.73. The minimum atomic E-state index is -0.259. The van der Waals surface area contributed by atoms with E-state index in [0.29, 0.717) is 50.7 Å². The van der Waals surface area contributed by atoms with Gasteiger partial charge in [0.05, 0.1) is 19.4 Å². The largest absolute Gasteiger partial charge is 0.381 e. The monoisotopic (exact) mass is 381 g/mol. The van der Waals surface area contributed by atoms with Crippen LogP contribution in [0.2, 0.25) is 5.28 Å². The van der Waals surface area contributed by atoms with E-state index in [1.807, 2.05) is 0 Å². The molecule has 0 saturated carbocycles. The van der Waals surface area contributed by atoms with Crippen molar-refractivity contribution in [2.24, 2.45) is 0 Å². The zero-order chi connectivity index (χ0) is 18.1. The summed E-state index contributed by atoms with van der Waals surface area (Å²) in [5.41, 5.74) is 0.731. The van der Waals surface area contributed by atoms with Crippen molar-refractivity contribution in [1.29, 1.82) is 0 Å². The molecule has 0 aromatic carbocycles. The molecule has 140 valence electrons. The van der Waals surface area contributed by atoms with E-state index in [9.17, 15) is 9.59 Å². The number of nitrogens with zero attached hydrogens (tertiary/aromatic N) is 5. The van der Waals surface area contributed by atoms with E-state index < -0.39 is 0 Å². The van der Waals surface area contributed by atoms with Gasteiger partial charge in [-0.3, -0.25) is 13.9 Å². The Morgan fingerprint density at radius 2 is 1.88 bits per heavy atom. The molecule has 26 heavy (non-hydrogen) atoms. The lowest BCUT2D eigenvalue weighted by Crippen LogP contribution is -2.43. The molecule has 10 heteroatoms. The van der Waals surface area contributed by atoms with E-state index in [2.05, 4.69) is 9.97 Å². The lowest BCUT2D eigenvalue weighted by molar-refractivity contribution is -0.135. The maximum absolute atomic E-state index is 13.1. The summed E-state index contributed by atoms with van der Waals surface area (Å²) >= 11 is 5.96. The van der Waals surface area contributed by atoms with E-state index in [1.54, 1.807) is 9.47 Å². The number of hydrogen-bond acceptors (Lipinski definition) is 6. The van der Waals surface area contributed by atoms with Crippen LogP contribution in [-0.4, -0.2) is 69.4 Å². The topological polar surface area (TPSA) is 91.5 Å². The number of aromatic nitrogens is 4. The lowest BCUT2D eigenvalue weighted by Gasteiger charge is -2.26. The van der Waals surface area contributed by atoms with Gasteiger partial charge in [-0.2, -0.15) is 4.98 Å². The highest BCUT2D eigenvalue weighted by molar-refractivity contribution is 6.28. The van der Waals surface area contributed by atoms with Crippen molar-refractivity contribution < 1.29 is 14.3 Å². The average molecular weight is 382 g/mol. The first-order chi connectivity index (χ1) is 12.6. The molecule has 0 unspecified atom stereocenters. The molecule has 0 radical (unpaired) electrons. The number of morpholine rings is 1. The van der Waals surface area contributed by atoms with Gasteiger partial charge in [0.25, 0.3) is 0 Å². The Morgan fingerprint density at radius 1 is 1.19 bits per heavy atom. The van der Waals surface area contributed by atoms with Crippen molar-refractivity contribution in [1.82, 2.24) is 24.0 Å². The van der Waals surface area contributed by atoms with Gasteiger partial charge in [-0.25, -0.2) is 9.78 Å². The highest BCUT2D eigenvalue weighted by Crippen LogP contribution is 2.24. The average Bonchev–Trinajstić information content (AvgIpc) is 2.94. The molecule has 2 aliphatic heterocycles. The van der Waals surface area contributed by atoms with Gasteiger partial charge in [0.2, 0.25) is 11.2 Å². The van der Waals surface area contributed by atoms with Crippen molar-refractivity contribution >= 4 is 28.7 Å². The zero-order valence-corrected chi connectivity index (χ0v) is 15.0. The van der Waals surface area contributed by atoms with Crippen LogP contribution in [0.3, 0.4) is 0 Å². The zero-order valence-electron chi connectivity index (χ0n) is 14.3. The van der Waals surface area contributed by atoms with Crippen molar-refractivity contribution in [2.45, 2.75) is 25.4 Å². The van der Waals surface area contributed by atoms with Gasteiger partial charge in [-0.15, -0.1) is 0 Å². The molecule has 2 fully saturated rings. The van der Waals surface area contributed by atoms with Crippen LogP contribution in [0.1, 0.15) is 18.9 Å². The minimum Gasteiger partial charge on any atom is -0.381 e. The second kappa shape index (κ2) is 7.34. The molecule has 2 aliphatic rings. The highest BCUT2D eigenvalue weighted by atomic mass is 35.5. The summed E-state index contributed by atoms with van der Waals surface area (Å²) in [6.07, 6.45) is 2.95. The summed E-state index contributed by atoms with van der Waals surface area (Å²) < 4.78 is 13.8. The van der Waals surface area contributed by atoms with Gasteiger partial charge in [-0.1, -0.05) is 0 Å². The Labute approximate surface area is 154 Å². The Morgan fingerprint density at radius 3 is 2.62 bits per heavy atom. The first-order valence-electron chi connectivity index (χ1n) is 8.71. The Bertz CT molecular complexity index is 867. The lowest BCUT2D eigenvalue weighted by atomic mass is 10.1. The second-order valence-corrected chi connectivity index (χ2v) is 6.76. The van der Waals surface area contributed by atoms with E-state index in [1.165, 1.54) is 10.8 Å². The number of rotatable bonds is 3. The first kappa shape index (κ1) is 17.4. The molecule has 1 amide bonds. The van der Waals surface area contributed by atoms with Crippen LogP contribution in [0.5, 0.6) is 0 Å². The van der Waals surface area contributed by atoms with E-state index in [0.717, 1.165) is 12.8 Å². The summed E-state index contributed by atoms with van der Waals surface area (Å²) in [5.74, 6) is -0.114. The highest BCUT2D eigenvalue weighted by Gasteiger charge is 2.26. The summed E-state index contributed by atoms with van der Waals surface area (Å²) in [5, 5.41) is 0.0787. The third-order valence-corrected chi connectivity index (χ3v) is 5.07. The van der Waals surface area contributed by atoms with Crippen LogP contribution in [0.4, 0.5) is 0 Å². The van der Waals surface area contributed by atoms with Crippen LogP contribution in [-0.2, 0) is 20.8 Å². The van der Waals surface area contributed by atoms with Crippen LogP contribution in [0.25, 0.3) is 11.2 Å². The van der Waals surface area contributed by atoms with Crippen LogP contribution in [0, 0.1) is 0 Å². The summed E-state index contributed by atoms with van der Waals surface area (Å²) in [6.45, 7) is 3.25. The summed E-state index contributed by atoms with van der Waals surface area (Å²) in [6, 6.07) is -0.0237. The van der Waals surface area contributed by atoms with Gasteiger partial charge < -0.3 is 14.4 Å². The number of carbonyl (C=O) groups is 1. The van der Waals surface area contributed by atoms with Gasteiger partial charge in [0.1, 0.15) is 12.1 Å². The van der Waals surface area contributed by atoms with Crippen molar-refractivity contribution in [3.05, 3.63) is 22.0 Å². The standard InChI is InChI=1S/C16H20ClN5O4/c17-15-18-9-12-14(19-15)22(11-1-5-25-6-2-11)16(24)21(12)10-13(23)20-3-7-26-8-4-20/h9,11H,1-8,10H2. The first-order valence-corrected chi connectivity index (χ1v) is 9.09. The van der Waals surface area contributed by atoms with E-state index in [4.69, 9.17) is 21.1 Å². The van der Waals surface area contributed by atoms with E-state index >= 15 is 0 Å². The van der Waals surface area contributed by atoms with Crippen LogP contribution >= 0.6 is 11.6 Å². The molecule has 0 atom stereocenters. The molecule has 2 saturated heterocycles. The fourth-order valence-electron chi connectivity index (χ4n) is 3.51. The second-order valence-electron chi connectivity index (χ2n) is 6.42. The number of ether oxygens (including phenoxy) is 2. The van der Waals surface area contributed by atoms with Gasteiger partial charge in [0, 0.05) is 32.3 Å². The number of carbonyl (C=O) groups excluding carboxylic acids is 1. The predicted octanol–water partition coefficient (Wildman–Crippen LogP) is 0.457. The molecule has 4 heterocycles. The van der Waals surface area contributed by atoms with Gasteiger partial charge >= 0.3 is 5.69 Å². The number of halogens is 1. The molecule has 2 aromatic rings. The number of imidazole rings is 1. The Hall–Kier alpha value is -1.97. The van der Waals surface area contributed by atoms with Gasteiger partial charge in [0.15, 0.2) is 5.65 Å². The molecule has 4 rings (SSSR count). The third kappa shape index (κ3) is 3.22. The summed E-state index contributed by atoms with van der Waals surface area (Å²) in [7, 11) is 0. The quantitative estimate of drug-likeness (QED) is 0.717. The molecule has 2 aromatic heterocycles. The maximum Gasteiger partial charge on any atom is 0.331 e. The maximum atomic E-state index is 13.1. The normalized spacial score (nSPS) is 19.2. The van der Waals surface area contributed by atoms with Gasteiger partial charge in [-0.05, 0) is 24.4 Å². The molecular weight excluding hydrogens is 362 g/mol.